The summed E-state index contributed by atoms with van der Waals surface area (Å²) in [7, 11) is 0. The number of likely N-dealkylation sites (tertiary alicyclic amines) is 1. The molecule has 0 spiro atoms. The van der Waals surface area contributed by atoms with Gasteiger partial charge in [0.15, 0.2) is 0 Å². The summed E-state index contributed by atoms with van der Waals surface area (Å²) in [5, 5.41) is 3.29. The molecule has 5 nitrogen and oxygen atoms in total. The van der Waals surface area contributed by atoms with Crippen molar-refractivity contribution in [3.8, 4) is 0 Å². The van der Waals surface area contributed by atoms with Crippen molar-refractivity contribution in [1.29, 1.82) is 0 Å². The molecule has 0 radical (unpaired) electrons. The highest BCUT2D eigenvalue weighted by Crippen LogP contribution is 2.14. The largest absolute Gasteiger partial charge is 0.358 e. The molecule has 0 saturated carbocycles. The fourth-order valence-electron chi connectivity index (χ4n) is 2.28. The molecule has 1 atom stereocenters. The number of carbonyl (C=O) groups is 1. The molecule has 1 saturated heterocycles. The Bertz CT molecular complexity index is 440. The second kappa shape index (κ2) is 6.19. The average molecular weight is 283 g/mol. The zero-order valence-corrected chi connectivity index (χ0v) is 12.1. The van der Waals surface area contributed by atoms with Crippen LogP contribution in [0.4, 0.5) is 5.82 Å². The molecule has 19 heavy (non-hydrogen) atoms. The molecule has 1 aromatic heterocycles. The van der Waals surface area contributed by atoms with E-state index >= 15 is 0 Å². The normalized spacial score (nSPS) is 17.1. The lowest BCUT2D eigenvalue weighted by Crippen LogP contribution is -2.44. The highest BCUT2D eigenvalue weighted by atomic mass is 35.5. The van der Waals surface area contributed by atoms with Gasteiger partial charge in [0.05, 0.1) is 0 Å². The minimum absolute atomic E-state index is 0.118. The van der Waals surface area contributed by atoms with Crippen LogP contribution < -0.4 is 5.32 Å². The van der Waals surface area contributed by atoms with Crippen molar-refractivity contribution >= 4 is 23.3 Å². The molecule has 1 aliphatic heterocycles. The number of hydrogen-bond donors (Lipinski definition) is 1. The van der Waals surface area contributed by atoms with Crippen LogP contribution in [0.15, 0.2) is 6.07 Å². The predicted molar refractivity (Wildman–Crippen MR) is 75.3 cm³/mol. The van der Waals surface area contributed by atoms with E-state index in [0.29, 0.717) is 5.82 Å². The van der Waals surface area contributed by atoms with Crippen molar-refractivity contribution in [1.82, 2.24) is 14.9 Å². The number of anilines is 1. The van der Waals surface area contributed by atoms with Crippen molar-refractivity contribution in [2.24, 2.45) is 0 Å². The van der Waals surface area contributed by atoms with Crippen LogP contribution in [0.1, 0.15) is 31.9 Å². The smallest absolute Gasteiger partial charge is 0.244 e. The van der Waals surface area contributed by atoms with Gasteiger partial charge in [0.1, 0.15) is 11.9 Å². The molecular formula is C13H19ClN4O. The van der Waals surface area contributed by atoms with Crippen molar-refractivity contribution in [3.63, 3.8) is 0 Å². The lowest BCUT2D eigenvalue weighted by Gasteiger charge is -2.29. The minimum Gasteiger partial charge on any atom is -0.358 e. The number of rotatable bonds is 3. The fraction of sp³-hybridized carbons (Fsp3) is 0.615. The summed E-state index contributed by atoms with van der Waals surface area (Å²) in [6.07, 6.45) is 3.40. The zero-order valence-electron chi connectivity index (χ0n) is 11.3. The van der Waals surface area contributed by atoms with Gasteiger partial charge in [-0.25, -0.2) is 9.97 Å². The molecule has 6 heteroatoms. The summed E-state index contributed by atoms with van der Waals surface area (Å²) < 4.78 is 0. The van der Waals surface area contributed by atoms with Gasteiger partial charge < -0.3 is 10.2 Å². The SMILES string of the molecule is Cc1cc(NC(C)C(=O)N2CCCCC2)nc(Cl)n1. The van der Waals surface area contributed by atoms with Crippen molar-refractivity contribution in [3.05, 3.63) is 17.0 Å². The average Bonchev–Trinajstić information content (AvgIpc) is 2.37. The van der Waals surface area contributed by atoms with Crippen molar-refractivity contribution in [2.45, 2.75) is 39.2 Å². The van der Waals surface area contributed by atoms with E-state index in [1.165, 1.54) is 6.42 Å². The number of nitrogens with zero attached hydrogens (tertiary/aromatic N) is 3. The Morgan fingerprint density at radius 2 is 2.05 bits per heavy atom. The van der Waals surface area contributed by atoms with E-state index in [2.05, 4.69) is 15.3 Å². The number of aryl methyl sites for hydroxylation is 1. The third kappa shape index (κ3) is 3.80. The molecule has 1 N–H and O–H groups in total. The highest BCUT2D eigenvalue weighted by molar-refractivity contribution is 6.28. The summed E-state index contributed by atoms with van der Waals surface area (Å²) in [6, 6.07) is 1.48. The Morgan fingerprint density at radius 1 is 1.37 bits per heavy atom. The number of halogens is 1. The van der Waals surface area contributed by atoms with Gasteiger partial charge in [0.2, 0.25) is 11.2 Å². The van der Waals surface area contributed by atoms with Gasteiger partial charge in [-0.3, -0.25) is 4.79 Å². The Morgan fingerprint density at radius 3 is 2.68 bits per heavy atom. The van der Waals surface area contributed by atoms with Crippen LogP contribution in [0, 0.1) is 6.92 Å². The van der Waals surface area contributed by atoms with Crippen LogP contribution in [-0.2, 0) is 4.79 Å². The molecular weight excluding hydrogens is 264 g/mol. The Kier molecular flexibility index (Phi) is 4.58. The summed E-state index contributed by atoms with van der Waals surface area (Å²) >= 11 is 5.80. The molecule has 104 valence electrons. The maximum atomic E-state index is 12.3. The van der Waals surface area contributed by atoms with Crippen LogP contribution in [-0.4, -0.2) is 39.9 Å². The molecule has 1 amide bonds. The van der Waals surface area contributed by atoms with E-state index in [1.807, 2.05) is 18.7 Å². The van der Waals surface area contributed by atoms with Crippen LogP contribution >= 0.6 is 11.6 Å². The minimum atomic E-state index is -0.302. The van der Waals surface area contributed by atoms with Gasteiger partial charge >= 0.3 is 0 Å². The van der Waals surface area contributed by atoms with Crippen LogP contribution in [0.3, 0.4) is 0 Å². The Hall–Kier alpha value is -1.36. The van der Waals surface area contributed by atoms with Crippen molar-refractivity contribution in [2.75, 3.05) is 18.4 Å². The van der Waals surface area contributed by atoms with E-state index in [1.54, 1.807) is 6.07 Å². The zero-order chi connectivity index (χ0) is 13.8. The van der Waals surface area contributed by atoms with E-state index < -0.39 is 0 Å². The van der Waals surface area contributed by atoms with E-state index in [9.17, 15) is 4.79 Å². The van der Waals surface area contributed by atoms with Gasteiger partial charge in [-0.1, -0.05) is 0 Å². The molecule has 2 heterocycles. The lowest BCUT2D eigenvalue weighted by atomic mass is 10.1. The number of aromatic nitrogens is 2. The molecule has 1 aromatic rings. The molecule has 0 aliphatic carbocycles. The van der Waals surface area contributed by atoms with E-state index in [-0.39, 0.29) is 17.2 Å². The number of carbonyl (C=O) groups excluding carboxylic acids is 1. The van der Waals surface area contributed by atoms with Gasteiger partial charge in [-0.15, -0.1) is 0 Å². The summed E-state index contributed by atoms with van der Waals surface area (Å²) in [6.45, 7) is 5.40. The number of hydrogen-bond acceptors (Lipinski definition) is 4. The summed E-state index contributed by atoms with van der Waals surface area (Å²) in [5.74, 6) is 0.711. The second-order valence-electron chi connectivity index (χ2n) is 4.92. The van der Waals surface area contributed by atoms with E-state index in [4.69, 9.17) is 11.6 Å². The first-order chi connectivity index (χ1) is 9.06. The molecule has 0 aromatic carbocycles. The Balaban J connectivity index is 1.99. The highest BCUT2D eigenvalue weighted by Gasteiger charge is 2.22. The molecule has 1 aliphatic rings. The fourth-order valence-corrected chi connectivity index (χ4v) is 2.50. The first kappa shape index (κ1) is 14.1. The predicted octanol–water partition coefficient (Wildman–Crippen LogP) is 2.25. The molecule has 2 rings (SSSR count). The third-order valence-electron chi connectivity index (χ3n) is 3.23. The maximum absolute atomic E-state index is 12.3. The number of piperidine rings is 1. The quantitative estimate of drug-likeness (QED) is 0.864. The maximum Gasteiger partial charge on any atom is 0.244 e. The first-order valence-electron chi connectivity index (χ1n) is 6.63. The molecule has 0 bridgehead atoms. The summed E-state index contributed by atoms with van der Waals surface area (Å²) in [5.41, 5.74) is 0.778. The van der Waals surface area contributed by atoms with Crippen molar-refractivity contribution < 1.29 is 4.79 Å². The summed E-state index contributed by atoms with van der Waals surface area (Å²) in [4.78, 5) is 22.2. The van der Waals surface area contributed by atoms with Crippen LogP contribution in [0.2, 0.25) is 5.28 Å². The molecule has 1 fully saturated rings. The van der Waals surface area contributed by atoms with Gasteiger partial charge in [0.25, 0.3) is 0 Å². The first-order valence-corrected chi connectivity index (χ1v) is 7.00. The standard InChI is InChI=1S/C13H19ClN4O/c1-9-8-11(17-13(14)15-9)16-10(2)12(19)18-6-4-3-5-7-18/h8,10H,3-7H2,1-2H3,(H,15,16,17). The number of nitrogens with one attached hydrogen (secondary N) is 1. The number of amides is 1. The van der Waals surface area contributed by atoms with E-state index in [0.717, 1.165) is 31.6 Å². The third-order valence-corrected chi connectivity index (χ3v) is 3.40. The van der Waals surface area contributed by atoms with Gasteiger partial charge in [0, 0.05) is 24.8 Å². The molecule has 1 unspecified atom stereocenters. The second-order valence-corrected chi connectivity index (χ2v) is 5.25. The van der Waals surface area contributed by atoms with Gasteiger partial charge in [-0.2, -0.15) is 0 Å². The topological polar surface area (TPSA) is 58.1 Å². The lowest BCUT2D eigenvalue weighted by molar-refractivity contribution is -0.132. The Labute approximate surface area is 118 Å². The monoisotopic (exact) mass is 282 g/mol. The van der Waals surface area contributed by atoms with Crippen LogP contribution in [0.25, 0.3) is 0 Å². The van der Waals surface area contributed by atoms with Crippen LogP contribution in [0.5, 0.6) is 0 Å². The van der Waals surface area contributed by atoms with Gasteiger partial charge in [-0.05, 0) is 44.7 Å².